The first-order valence-electron chi connectivity index (χ1n) is 8.61. The number of hydrogen-bond donors (Lipinski definition) is 0. The molecule has 2 rings (SSSR count). The van der Waals surface area contributed by atoms with Crippen LogP contribution in [-0.4, -0.2) is 40.1 Å². The highest BCUT2D eigenvalue weighted by molar-refractivity contribution is 6.10. The van der Waals surface area contributed by atoms with Crippen LogP contribution in [0.15, 0.2) is 12.1 Å². The summed E-state index contributed by atoms with van der Waals surface area (Å²) in [6.45, 7) is 5.30. The summed E-state index contributed by atoms with van der Waals surface area (Å²) in [4.78, 5) is 37.4. The molecule has 0 bridgehead atoms. The molecule has 0 saturated carbocycles. The van der Waals surface area contributed by atoms with E-state index in [4.69, 9.17) is 9.47 Å². The maximum absolute atomic E-state index is 13.7. The SMILES string of the molecule is CCOC(=O)Cc1c(C(=O)OCC)c(C)c(C(=O)c2ccc(F)n2C)n1C. The van der Waals surface area contributed by atoms with Crippen LogP contribution in [0, 0.1) is 12.9 Å². The van der Waals surface area contributed by atoms with Crippen molar-refractivity contribution in [3.05, 3.63) is 46.3 Å². The van der Waals surface area contributed by atoms with E-state index in [1.807, 2.05) is 0 Å². The van der Waals surface area contributed by atoms with Gasteiger partial charge in [0.05, 0.1) is 36.6 Å². The van der Waals surface area contributed by atoms with E-state index >= 15 is 0 Å². The van der Waals surface area contributed by atoms with Crippen LogP contribution in [0.4, 0.5) is 4.39 Å². The third kappa shape index (κ3) is 3.79. The van der Waals surface area contributed by atoms with E-state index in [0.717, 1.165) is 4.57 Å². The quantitative estimate of drug-likeness (QED) is 0.546. The Morgan fingerprint density at radius 3 is 2.19 bits per heavy atom. The third-order valence-electron chi connectivity index (χ3n) is 4.36. The maximum atomic E-state index is 13.7. The van der Waals surface area contributed by atoms with E-state index in [0.29, 0.717) is 11.3 Å². The molecule has 0 aliphatic heterocycles. The zero-order valence-corrected chi connectivity index (χ0v) is 16.1. The lowest BCUT2D eigenvalue weighted by Crippen LogP contribution is -2.17. The first-order chi connectivity index (χ1) is 12.7. The highest BCUT2D eigenvalue weighted by Crippen LogP contribution is 2.26. The van der Waals surface area contributed by atoms with Crippen molar-refractivity contribution >= 4 is 17.7 Å². The molecule has 0 aliphatic rings. The normalized spacial score (nSPS) is 10.7. The number of esters is 2. The second kappa shape index (κ2) is 8.20. The fourth-order valence-corrected chi connectivity index (χ4v) is 3.08. The summed E-state index contributed by atoms with van der Waals surface area (Å²) < 4.78 is 26.3. The Hall–Kier alpha value is -2.90. The first-order valence-corrected chi connectivity index (χ1v) is 8.61. The van der Waals surface area contributed by atoms with Gasteiger partial charge in [-0.2, -0.15) is 4.39 Å². The van der Waals surface area contributed by atoms with Gasteiger partial charge in [-0.15, -0.1) is 0 Å². The van der Waals surface area contributed by atoms with Crippen LogP contribution in [0.3, 0.4) is 0 Å². The molecular formula is C19H23FN2O5. The standard InChI is InChI=1S/C19H23FN2O5/c1-6-26-15(23)10-13-16(19(25)27-7-2)11(3)17(22(13)5)18(24)12-8-9-14(20)21(12)4/h8-9H,6-7,10H2,1-5H3. The fraction of sp³-hybridized carbons (Fsp3) is 0.421. The maximum Gasteiger partial charge on any atom is 0.340 e. The molecule has 8 heteroatoms. The Bertz CT molecular complexity index is 895. The second-order valence-corrected chi connectivity index (χ2v) is 5.99. The van der Waals surface area contributed by atoms with Crippen LogP contribution in [0.1, 0.15) is 51.6 Å². The summed E-state index contributed by atoms with van der Waals surface area (Å²) >= 11 is 0. The Morgan fingerprint density at radius 2 is 1.67 bits per heavy atom. The van der Waals surface area contributed by atoms with Crippen molar-refractivity contribution < 1.29 is 28.2 Å². The molecule has 0 spiro atoms. The van der Waals surface area contributed by atoms with E-state index in [9.17, 15) is 18.8 Å². The third-order valence-corrected chi connectivity index (χ3v) is 4.36. The zero-order valence-electron chi connectivity index (χ0n) is 16.1. The van der Waals surface area contributed by atoms with Crippen molar-refractivity contribution in [2.45, 2.75) is 27.2 Å². The molecule has 0 unspecified atom stereocenters. The van der Waals surface area contributed by atoms with Gasteiger partial charge in [-0.05, 0) is 38.5 Å². The Morgan fingerprint density at radius 1 is 1.04 bits per heavy atom. The number of rotatable bonds is 7. The lowest BCUT2D eigenvalue weighted by Gasteiger charge is -2.09. The second-order valence-electron chi connectivity index (χ2n) is 5.99. The molecule has 0 saturated heterocycles. The highest BCUT2D eigenvalue weighted by Gasteiger charge is 2.30. The van der Waals surface area contributed by atoms with Gasteiger partial charge in [-0.1, -0.05) is 0 Å². The molecule has 2 aromatic rings. The van der Waals surface area contributed by atoms with Gasteiger partial charge in [0, 0.05) is 19.8 Å². The van der Waals surface area contributed by atoms with Gasteiger partial charge >= 0.3 is 11.9 Å². The van der Waals surface area contributed by atoms with Gasteiger partial charge in [0.25, 0.3) is 0 Å². The highest BCUT2D eigenvalue weighted by atomic mass is 19.1. The van der Waals surface area contributed by atoms with E-state index in [1.54, 1.807) is 27.8 Å². The van der Waals surface area contributed by atoms with Gasteiger partial charge in [-0.3, -0.25) is 9.59 Å². The summed E-state index contributed by atoms with van der Waals surface area (Å²) in [5.41, 5.74) is 1.18. The molecule has 146 valence electrons. The van der Waals surface area contributed by atoms with Crippen molar-refractivity contribution in [2.24, 2.45) is 14.1 Å². The molecule has 27 heavy (non-hydrogen) atoms. The minimum atomic E-state index is -0.623. The number of ketones is 1. The van der Waals surface area contributed by atoms with Crippen LogP contribution in [0.5, 0.6) is 0 Å². The molecule has 2 heterocycles. The summed E-state index contributed by atoms with van der Waals surface area (Å²) in [7, 11) is 3.02. The topological polar surface area (TPSA) is 79.5 Å². The predicted molar refractivity (Wildman–Crippen MR) is 95.2 cm³/mol. The number of halogens is 1. The minimum Gasteiger partial charge on any atom is -0.466 e. The molecule has 7 nitrogen and oxygen atoms in total. The summed E-state index contributed by atoms with van der Waals surface area (Å²) in [6, 6.07) is 2.57. The van der Waals surface area contributed by atoms with Gasteiger partial charge in [0.2, 0.25) is 5.78 Å². The van der Waals surface area contributed by atoms with Crippen molar-refractivity contribution in [1.29, 1.82) is 0 Å². The molecule has 0 fully saturated rings. The van der Waals surface area contributed by atoms with Gasteiger partial charge in [-0.25, -0.2) is 4.79 Å². The summed E-state index contributed by atoms with van der Waals surface area (Å²) in [6.07, 6.45) is -0.186. The number of hydrogen-bond acceptors (Lipinski definition) is 5. The van der Waals surface area contributed by atoms with Crippen LogP contribution in [0.25, 0.3) is 0 Å². The van der Waals surface area contributed by atoms with Gasteiger partial charge in [0.15, 0.2) is 5.95 Å². The van der Waals surface area contributed by atoms with Crippen LogP contribution < -0.4 is 0 Å². The average Bonchev–Trinajstić information content (AvgIpc) is 3.05. The average molecular weight is 378 g/mol. The van der Waals surface area contributed by atoms with Crippen LogP contribution in [0.2, 0.25) is 0 Å². The zero-order chi connectivity index (χ0) is 20.3. The van der Waals surface area contributed by atoms with Crippen LogP contribution >= 0.6 is 0 Å². The first kappa shape index (κ1) is 20.4. The van der Waals surface area contributed by atoms with E-state index in [-0.39, 0.29) is 36.6 Å². The van der Waals surface area contributed by atoms with Crippen molar-refractivity contribution in [1.82, 2.24) is 9.13 Å². The smallest absolute Gasteiger partial charge is 0.340 e. The molecular weight excluding hydrogens is 355 g/mol. The number of nitrogens with zero attached hydrogens (tertiary/aromatic N) is 2. The van der Waals surface area contributed by atoms with Gasteiger partial charge in [0.1, 0.15) is 0 Å². The molecule has 0 aliphatic carbocycles. The molecule has 0 aromatic carbocycles. The minimum absolute atomic E-state index is 0.134. The van der Waals surface area contributed by atoms with Crippen LogP contribution in [-0.2, 0) is 34.8 Å². The number of aromatic nitrogens is 2. The number of carbonyl (C=O) groups is 3. The lowest BCUT2D eigenvalue weighted by atomic mass is 10.1. The summed E-state index contributed by atoms with van der Waals surface area (Å²) in [5.74, 6) is -2.15. The predicted octanol–water partition coefficient (Wildman–Crippen LogP) is 2.32. The fourth-order valence-electron chi connectivity index (χ4n) is 3.08. The lowest BCUT2D eigenvalue weighted by molar-refractivity contribution is -0.142. The number of carbonyl (C=O) groups excluding carboxylic acids is 3. The van der Waals surface area contributed by atoms with E-state index < -0.39 is 23.7 Å². The molecule has 2 aromatic heterocycles. The van der Waals surface area contributed by atoms with Gasteiger partial charge < -0.3 is 18.6 Å². The molecule has 0 radical (unpaired) electrons. The molecule has 0 amide bonds. The Balaban J connectivity index is 2.61. The van der Waals surface area contributed by atoms with Crippen molar-refractivity contribution in [3.8, 4) is 0 Å². The Kier molecular flexibility index (Phi) is 6.20. The Labute approximate surface area is 156 Å². The summed E-state index contributed by atoms with van der Waals surface area (Å²) in [5, 5.41) is 0. The monoisotopic (exact) mass is 378 g/mol. The largest absolute Gasteiger partial charge is 0.466 e. The molecule has 0 N–H and O–H groups in total. The van der Waals surface area contributed by atoms with E-state index in [1.165, 1.54) is 23.7 Å². The van der Waals surface area contributed by atoms with E-state index in [2.05, 4.69) is 0 Å². The van der Waals surface area contributed by atoms with Crippen molar-refractivity contribution in [3.63, 3.8) is 0 Å². The number of ether oxygens (including phenoxy) is 2. The van der Waals surface area contributed by atoms with Crippen molar-refractivity contribution in [2.75, 3.05) is 13.2 Å². The molecule has 0 atom stereocenters.